The molecule has 5 nitrogen and oxygen atoms in total. The lowest BCUT2D eigenvalue weighted by molar-refractivity contribution is 0.322. The molecule has 0 bridgehead atoms. The molecule has 1 N–H and O–H groups in total. The van der Waals surface area contributed by atoms with Gasteiger partial charge in [-0.05, 0) is 30.2 Å². The van der Waals surface area contributed by atoms with Crippen LogP contribution in [0.1, 0.15) is 18.1 Å². The fraction of sp³-hybridized carbons (Fsp3) is 0.353. The average molecular weight is 302 g/mol. The Hall–Kier alpha value is -2.43. The first-order chi connectivity index (χ1) is 10.7. The number of benzene rings is 1. The fourth-order valence-corrected chi connectivity index (χ4v) is 2.36. The molecule has 0 unspecified atom stereocenters. The Labute approximate surface area is 131 Å². The highest BCUT2D eigenvalue weighted by Gasteiger charge is 2.15. The maximum atomic E-state index is 5.49. The lowest BCUT2D eigenvalue weighted by atomic mass is 10.1. The Morgan fingerprint density at radius 1 is 0.955 bits per heavy atom. The maximum absolute atomic E-state index is 5.49. The summed E-state index contributed by atoms with van der Waals surface area (Å²) < 4.78 is 16.2. The predicted octanol–water partition coefficient (Wildman–Crippen LogP) is 3.28. The smallest absolute Gasteiger partial charge is 0.203 e. The first-order valence-corrected chi connectivity index (χ1v) is 7.20. The Bertz CT molecular complexity index is 629. The summed E-state index contributed by atoms with van der Waals surface area (Å²) in [5, 5.41) is 3.36. The number of aryl methyl sites for hydroxylation is 1. The minimum atomic E-state index is 0.591. The molecule has 1 aromatic carbocycles. The normalized spacial score (nSPS) is 10.2. The number of hydrogen-bond acceptors (Lipinski definition) is 5. The number of rotatable bonds is 7. The first-order valence-electron chi connectivity index (χ1n) is 7.20. The zero-order valence-corrected chi connectivity index (χ0v) is 13.5. The van der Waals surface area contributed by atoms with Crippen molar-refractivity contribution in [2.24, 2.45) is 0 Å². The highest BCUT2D eigenvalue weighted by Crippen LogP contribution is 2.39. The zero-order chi connectivity index (χ0) is 15.9. The van der Waals surface area contributed by atoms with Crippen LogP contribution >= 0.6 is 0 Å². The van der Waals surface area contributed by atoms with Crippen molar-refractivity contribution in [3.05, 3.63) is 41.6 Å². The van der Waals surface area contributed by atoms with Gasteiger partial charge in [0.15, 0.2) is 11.5 Å². The Morgan fingerprint density at radius 3 is 2.36 bits per heavy atom. The topological polar surface area (TPSA) is 52.6 Å². The van der Waals surface area contributed by atoms with Crippen LogP contribution in [0.5, 0.6) is 17.2 Å². The maximum Gasteiger partial charge on any atom is 0.203 e. The van der Waals surface area contributed by atoms with Gasteiger partial charge < -0.3 is 19.5 Å². The summed E-state index contributed by atoms with van der Waals surface area (Å²) in [5.41, 5.74) is 2.16. The second-order valence-electron chi connectivity index (χ2n) is 4.71. The molecule has 0 aliphatic carbocycles. The van der Waals surface area contributed by atoms with Crippen LogP contribution in [0, 0.1) is 0 Å². The monoisotopic (exact) mass is 302 g/mol. The number of hydrogen-bond donors (Lipinski definition) is 1. The molecule has 0 radical (unpaired) electrons. The van der Waals surface area contributed by atoms with E-state index in [1.54, 1.807) is 27.5 Å². The average Bonchev–Trinajstić information content (AvgIpc) is 2.58. The molecule has 0 fully saturated rings. The van der Waals surface area contributed by atoms with E-state index >= 15 is 0 Å². The third-order valence-electron chi connectivity index (χ3n) is 3.50. The van der Waals surface area contributed by atoms with Gasteiger partial charge in [-0.15, -0.1) is 0 Å². The molecule has 0 amide bonds. The zero-order valence-electron chi connectivity index (χ0n) is 13.5. The molecular formula is C17H22N2O3. The van der Waals surface area contributed by atoms with Gasteiger partial charge in [-0.25, -0.2) is 4.98 Å². The summed E-state index contributed by atoms with van der Waals surface area (Å²) in [6, 6.07) is 7.85. The molecule has 0 aliphatic heterocycles. The van der Waals surface area contributed by atoms with Crippen LogP contribution in [0.25, 0.3) is 0 Å². The molecule has 2 aromatic rings. The van der Waals surface area contributed by atoms with Gasteiger partial charge in [0.25, 0.3) is 0 Å². The number of methoxy groups -OCH3 is 3. The van der Waals surface area contributed by atoms with Gasteiger partial charge in [0.2, 0.25) is 5.75 Å². The van der Waals surface area contributed by atoms with E-state index in [1.807, 2.05) is 18.2 Å². The summed E-state index contributed by atoms with van der Waals surface area (Å²) in [5.74, 6) is 2.81. The van der Waals surface area contributed by atoms with Crippen molar-refractivity contribution < 1.29 is 14.2 Å². The number of anilines is 1. The van der Waals surface area contributed by atoms with Crippen molar-refractivity contribution in [1.82, 2.24) is 4.98 Å². The molecule has 1 heterocycles. The second kappa shape index (κ2) is 7.54. The van der Waals surface area contributed by atoms with E-state index in [1.165, 1.54) is 5.56 Å². The summed E-state index contributed by atoms with van der Waals surface area (Å²) in [6.45, 7) is 2.70. The third kappa shape index (κ3) is 3.24. The molecule has 0 spiro atoms. The number of aromatic nitrogens is 1. The lowest BCUT2D eigenvalue weighted by Crippen LogP contribution is -2.06. The van der Waals surface area contributed by atoms with E-state index < -0.39 is 0 Å². The van der Waals surface area contributed by atoms with E-state index in [4.69, 9.17) is 14.2 Å². The largest absolute Gasteiger partial charge is 0.493 e. The van der Waals surface area contributed by atoms with Crippen molar-refractivity contribution in [3.8, 4) is 17.2 Å². The summed E-state index contributed by atoms with van der Waals surface area (Å²) in [6.07, 6.45) is 2.71. The Balaban J connectivity index is 2.26. The van der Waals surface area contributed by atoms with Crippen LogP contribution in [0.15, 0.2) is 30.5 Å². The molecule has 118 valence electrons. The second-order valence-corrected chi connectivity index (χ2v) is 4.71. The highest BCUT2D eigenvalue weighted by molar-refractivity contribution is 5.57. The SMILES string of the molecule is CCc1cccnc1NCc1ccc(OC)c(OC)c1OC. The molecule has 5 heteroatoms. The number of nitrogens with zero attached hydrogens (tertiary/aromatic N) is 1. The molecule has 22 heavy (non-hydrogen) atoms. The molecule has 2 rings (SSSR count). The van der Waals surface area contributed by atoms with Crippen molar-refractivity contribution in [2.75, 3.05) is 26.6 Å². The van der Waals surface area contributed by atoms with Crippen LogP contribution in [0.3, 0.4) is 0 Å². The minimum absolute atomic E-state index is 0.591. The van der Waals surface area contributed by atoms with Gasteiger partial charge in [0.1, 0.15) is 5.82 Å². The molecular weight excluding hydrogens is 280 g/mol. The fourth-order valence-electron chi connectivity index (χ4n) is 2.36. The molecule has 1 aromatic heterocycles. The van der Waals surface area contributed by atoms with Crippen molar-refractivity contribution >= 4 is 5.82 Å². The van der Waals surface area contributed by atoms with Gasteiger partial charge in [-0.2, -0.15) is 0 Å². The van der Waals surface area contributed by atoms with Gasteiger partial charge >= 0.3 is 0 Å². The van der Waals surface area contributed by atoms with Gasteiger partial charge in [0, 0.05) is 18.3 Å². The Kier molecular flexibility index (Phi) is 5.47. The number of pyridine rings is 1. The summed E-state index contributed by atoms with van der Waals surface area (Å²) >= 11 is 0. The van der Waals surface area contributed by atoms with E-state index in [0.29, 0.717) is 23.8 Å². The van der Waals surface area contributed by atoms with Crippen LogP contribution in [0.2, 0.25) is 0 Å². The predicted molar refractivity (Wildman–Crippen MR) is 87.0 cm³/mol. The number of nitrogens with one attached hydrogen (secondary N) is 1. The lowest BCUT2D eigenvalue weighted by Gasteiger charge is -2.16. The molecule has 0 saturated carbocycles. The highest BCUT2D eigenvalue weighted by atomic mass is 16.5. The van der Waals surface area contributed by atoms with Crippen molar-refractivity contribution in [2.45, 2.75) is 19.9 Å². The summed E-state index contributed by atoms with van der Waals surface area (Å²) in [4.78, 5) is 4.39. The van der Waals surface area contributed by atoms with Crippen molar-refractivity contribution in [3.63, 3.8) is 0 Å². The Morgan fingerprint density at radius 2 is 1.73 bits per heavy atom. The van der Waals surface area contributed by atoms with Crippen molar-refractivity contribution in [1.29, 1.82) is 0 Å². The van der Waals surface area contributed by atoms with Crippen LogP contribution in [-0.4, -0.2) is 26.3 Å². The van der Waals surface area contributed by atoms with E-state index in [-0.39, 0.29) is 0 Å². The third-order valence-corrected chi connectivity index (χ3v) is 3.50. The number of ether oxygens (including phenoxy) is 3. The quantitative estimate of drug-likeness (QED) is 0.850. The van der Waals surface area contributed by atoms with Crippen LogP contribution in [-0.2, 0) is 13.0 Å². The van der Waals surface area contributed by atoms with Gasteiger partial charge in [0.05, 0.1) is 21.3 Å². The van der Waals surface area contributed by atoms with E-state index in [9.17, 15) is 0 Å². The summed E-state index contributed by atoms with van der Waals surface area (Å²) in [7, 11) is 4.83. The molecule has 0 saturated heterocycles. The van der Waals surface area contributed by atoms with Crippen LogP contribution < -0.4 is 19.5 Å². The van der Waals surface area contributed by atoms with Crippen LogP contribution in [0.4, 0.5) is 5.82 Å². The minimum Gasteiger partial charge on any atom is -0.493 e. The molecule has 0 atom stereocenters. The van der Waals surface area contributed by atoms with E-state index in [0.717, 1.165) is 17.8 Å². The van der Waals surface area contributed by atoms with E-state index in [2.05, 4.69) is 23.3 Å². The first kappa shape index (κ1) is 15.9. The standard InChI is InChI=1S/C17H22N2O3/c1-5-12-7-6-10-18-17(12)19-11-13-8-9-14(20-2)16(22-4)15(13)21-3/h6-10H,5,11H2,1-4H3,(H,18,19). The van der Waals surface area contributed by atoms with Gasteiger partial charge in [-0.3, -0.25) is 0 Å². The van der Waals surface area contributed by atoms with Gasteiger partial charge in [-0.1, -0.05) is 13.0 Å². The molecule has 0 aliphatic rings.